The number of rotatable bonds is 5. The third kappa shape index (κ3) is 4.97. The summed E-state index contributed by atoms with van der Waals surface area (Å²) in [6, 6.07) is 0.148. The smallest absolute Gasteiger partial charge is 0.0773 e. The zero-order chi connectivity index (χ0) is 11.4. The van der Waals surface area contributed by atoms with Crippen LogP contribution < -0.4 is 5.73 Å². The molecule has 0 saturated heterocycles. The molecular formula is C12H27NO. The Morgan fingerprint density at radius 3 is 2.00 bits per heavy atom. The third-order valence-electron chi connectivity index (χ3n) is 2.33. The lowest BCUT2D eigenvalue weighted by atomic mass is 9.82. The van der Waals surface area contributed by atoms with Crippen LogP contribution in [0.25, 0.3) is 0 Å². The molecule has 0 aromatic heterocycles. The monoisotopic (exact) mass is 201 g/mol. The summed E-state index contributed by atoms with van der Waals surface area (Å²) in [5, 5.41) is 0. The molecule has 2 nitrogen and oxygen atoms in total. The maximum Gasteiger partial charge on any atom is 0.0773 e. The molecule has 86 valence electrons. The first-order valence-electron chi connectivity index (χ1n) is 5.66. The lowest BCUT2D eigenvalue weighted by Crippen LogP contribution is -2.46. The quantitative estimate of drug-likeness (QED) is 0.742. The minimum atomic E-state index is 0.129. The van der Waals surface area contributed by atoms with Crippen molar-refractivity contribution in [2.45, 2.75) is 60.1 Å². The third-order valence-corrected chi connectivity index (χ3v) is 2.33. The van der Waals surface area contributed by atoms with Gasteiger partial charge in [-0.25, -0.2) is 0 Å². The lowest BCUT2D eigenvalue weighted by molar-refractivity contribution is -0.0311. The van der Waals surface area contributed by atoms with Gasteiger partial charge in [0.25, 0.3) is 0 Å². The van der Waals surface area contributed by atoms with Crippen LogP contribution in [0.1, 0.15) is 48.0 Å². The predicted octanol–water partition coefficient (Wildman–Crippen LogP) is 2.81. The summed E-state index contributed by atoms with van der Waals surface area (Å²) in [6.07, 6.45) is 1.19. The van der Waals surface area contributed by atoms with Crippen LogP contribution in [0.2, 0.25) is 0 Å². The van der Waals surface area contributed by atoms with Crippen LogP contribution in [0, 0.1) is 11.3 Å². The minimum absolute atomic E-state index is 0.129. The molecule has 0 aromatic rings. The van der Waals surface area contributed by atoms with Crippen LogP contribution in [-0.2, 0) is 4.74 Å². The van der Waals surface area contributed by atoms with Gasteiger partial charge in [-0.2, -0.15) is 0 Å². The highest BCUT2D eigenvalue weighted by Gasteiger charge is 2.30. The lowest BCUT2D eigenvalue weighted by Gasteiger charge is -2.35. The highest BCUT2D eigenvalue weighted by Crippen LogP contribution is 2.26. The van der Waals surface area contributed by atoms with Gasteiger partial charge in [0.1, 0.15) is 0 Å². The maximum absolute atomic E-state index is 6.17. The Kier molecular flexibility index (Phi) is 5.68. The van der Waals surface area contributed by atoms with E-state index in [9.17, 15) is 0 Å². The molecule has 0 rings (SSSR count). The second-order valence-corrected chi connectivity index (χ2v) is 5.54. The van der Waals surface area contributed by atoms with E-state index < -0.39 is 0 Å². The van der Waals surface area contributed by atoms with Gasteiger partial charge in [0, 0.05) is 12.6 Å². The van der Waals surface area contributed by atoms with Crippen LogP contribution in [-0.4, -0.2) is 18.8 Å². The molecule has 0 fully saturated rings. The fraction of sp³-hybridized carbons (Fsp3) is 1.00. The summed E-state index contributed by atoms with van der Waals surface area (Å²) in [5.41, 5.74) is 6.30. The molecule has 2 N–H and O–H groups in total. The molecule has 0 radical (unpaired) electrons. The van der Waals surface area contributed by atoms with E-state index in [2.05, 4.69) is 34.6 Å². The van der Waals surface area contributed by atoms with Gasteiger partial charge in [0.05, 0.1) is 6.10 Å². The van der Waals surface area contributed by atoms with Crippen molar-refractivity contribution >= 4 is 0 Å². The molecule has 0 aliphatic heterocycles. The highest BCUT2D eigenvalue weighted by atomic mass is 16.5. The first-order chi connectivity index (χ1) is 6.29. The second kappa shape index (κ2) is 5.72. The molecule has 0 aliphatic rings. The van der Waals surface area contributed by atoms with Gasteiger partial charge < -0.3 is 10.5 Å². The molecule has 0 aromatic carbocycles. The van der Waals surface area contributed by atoms with Gasteiger partial charge in [0.2, 0.25) is 0 Å². The van der Waals surface area contributed by atoms with Crippen molar-refractivity contribution in [3.63, 3.8) is 0 Å². The van der Waals surface area contributed by atoms with E-state index >= 15 is 0 Å². The molecule has 0 saturated carbocycles. The zero-order valence-electron chi connectivity index (χ0n) is 10.6. The van der Waals surface area contributed by atoms with Gasteiger partial charge in [-0.1, -0.05) is 34.6 Å². The van der Waals surface area contributed by atoms with Gasteiger partial charge >= 0.3 is 0 Å². The van der Waals surface area contributed by atoms with E-state index in [1.165, 1.54) is 0 Å². The van der Waals surface area contributed by atoms with Gasteiger partial charge in [0.15, 0.2) is 0 Å². The molecule has 2 unspecified atom stereocenters. The number of hydrogen-bond donors (Lipinski definition) is 1. The largest absolute Gasteiger partial charge is 0.376 e. The zero-order valence-corrected chi connectivity index (χ0v) is 10.6. The van der Waals surface area contributed by atoms with Crippen LogP contribution in [0.3, 0.4) is 0 Å². The van der Waals surface area contributed by atoms with Crippen LogP contribution in [0.5, 0.6) is 0 Å². The average Bonchev–Trinajstić information content (AvgIpc) is 1.96. The van der Waals surface area contributed by atoms with Crippen molar-refractivity contribution in [2.24, 2.45) is 17.1 Å². The molecule has 2 heteroatoms. The molecule has 2 atom stereocenters. The Bertz CT molecular complexity index is 149. The first-order valence-corrected chi connectivity index (χ1v) is 5.66. The predicted molar refractivity (Wildman–Crippen MR) is 62.3 cm³/mol. The van der Waals surface area contributed by atoms with Crippen molar-refractivity contribution in [1.29, 1.82) is 0 Å². The Labute approximate surface area is 89.2 Å². The molecule has 0 heterocycles. The molecular weight excluding hydrogens is 174 g/mol. The molecule has 0 spiro atoms. The van der Waals surface area contributed by atoms with Crippen molar-refractivity contribution < 1.29 is 4.74 Å². The summed E-state index contributed by atoms with van der Waals surface area (Å²) < 4.78 is 5.74. The fourth-order valence-electron chi connectivity index (χ4n) is 1.86. The molecule has 14 heavy (non-hydrogen) atoms. The Hall–Kier alpha value is -0.0800. The average molecular weight is 201 g/mol. The summed E-state index contributed by atoms with van der Waals surface area (Å²) >= 11 is 0. The molecule has 0 amide bonds. The van der Waals surface area contributed by atoms with Crippen molar-refractivity contribution in [2.75, 3.05) is 6.61 Å². The van der Waals surface area contributed by atoms with Crippen LogP contribution in [0.4, 0.5) is 0 Å². The number of ether oxygens (including phenoxy) is 1. The molecule has 0 aliphatic carbocycles. The van der Waals surface area contributed by atoms with Crippen molar-refractivity contribution in [1.82, 2.24) is 0 Å². The number of hydrogen-bond acceptors (Lipinski definition) is 2. The highest BCUT2D eigenvalue weighted by molar-refractivity contribution is 4.84. The molecule has 0 bridgehead atoms. The van der Waals surface area contributed by atoms with E-state index in [4.69, 9.17) is 10.5 Å². The van der Waals surface area contributed by atoms with Crippen LogP contribution >= 0.6 is 0 Å². The van der Waals surface area contributed by atoms with Gasteiger partial charge in [-0.3, -0.25) is 0 Å². The standard InChI is InChI=1S/C12H27NO/c1-7-14-11(12(4,5)6)10(13)8-9(2)3/h9-11H,7-8,13H2,1-6H3. The first kappa shape index (κ1) is 13.9. The summed E-state index contributed by atoms with van der Waals surface area (Å²) in [7, 11) is 0. The van der Waals surface area contributed by atoms with Crippen molar-refractivity contribution in [3.05, 3.63) is 0 Å². The summed E-state index contributed by atoms with van der Waals surface area (Å²) in [6.45, 7) is 13.7. The van der Waals surface area contributed by atoms with Gasteiger partial charge in [-0.15, -0.1) is 0 Å². The number of nitrogens with two attached hydrogens (primary N) is 1. The van der Waals surface area contributed by atoms with E-state index in [0.29, 0.717) is 5.92 Å². The summed E-state index contributed by atoms with van der Waals surface area (Å²) in [4.78, 5) is 0. The topological polar surface area (TPSA) is 35.2 Å². The van der Waals surface area contributed by atoms with Gasteiger partial charge in [-0.05, 0) is 24.7 Å². The van der Waals surface area contributed by atoms with E-state index in [0.717, 1.165) is 13.0 Å². The van der Waals surface area contributed by atoms with Crippen molar-refractivity contribution in [3.8, 4) is 0 Å². The Morgan fingerprint density at radius 1 is 1.21 bits per heavy atom. The van der Waals surface area contributed by atoms with E-state index in [1.807, 2.05) is 6.92 Å². The fourth-order valence-corrected chi connectivity index (χ4v) is 1.86. The van der Waals surface area contributed by atoms with E-state index in [-0.39, 0.29) is 17.6 Å². The normalized spacial score (nSPS) is 17.1. The maximum atomic E-state index is 6.17. The second-order valence-electron chi connectivity index (χ2n) is 5.54. The summed E-state index contributed by atoms with van der Waals surface area (Å²) in [5.74, 6) is 0.635. The van der Waals surface area contributed by atoms with Crippen LogP contribution in [0.15, 0.2) is 0 Å². The Morgan fingerprint density at radius 2 is 1.71 bits per heavy atom. The Balaban J connectivity index is 4.33. The minimum Gasteiger partial charge on any atom is -0.376 e. The SMILES string of the molecule is CCOC(C(N)CC(C)C)C(C)(C)C. The van der Waals surface area contributed by atoms with E-state index in [1.54, 1.807) is 0 Å².